The maximum absolute atomic E-state index is 11.9. The third kappa shape index (κ3) is 5.37. The summed E-state index contributed by atoms with van der Waals surface area (Å²) in [6.45, 7) is 2.43. The molecule has 2 aromatic heterocycles. The molecule has 2 rings (SSSR count). The standard InChI is InChI=1S/C15H20N6O4/c1-9-8-11(22)20-14(18-9)16-6-7-17-15(23)19-10-4-5-12(24-2)21-13(10)25-3/h4-5,8H,6-7H2,1-3H3,(H2,17,19,23)(H2,16,18,20,22). The number of anilines is 2. The zero-order valence-electron chi connectivity index (χ0n) is 14.2. The Morgan fingerprint density at radius 3 is 2.68 bits per heavy atom. The fourth-order valence-electron chi connectivity index (χ4n) is 1.97. The van der Waals surface area contributed by atoms with E-state index in [0.717, 1.165) is 0 Å². The number of aromatic amines is 1. The molecule has 0 fully saturated rings. The molecule has 2 heterocycles. The van der Waals surface area contributed by atoms with Gasteiger partial charge in [-0.2, -0.15) is 4.98 Å². The van der Waals surface area contributed by atoms with E-state index < -0.39 is 6.03 Å². The summed E-state index contributed by atoms with van der Waals surface area (Å²) in [5.74, 6) is 0.981. The highest BCUT2D eigenvalue weighted by molar-refractivity contribution is 5.90. The lowest BCUT2D eigenvalue weighted by molar-refractivity contribution is 0.252. The maximum atomic E-state index is 11.9. The third-order valence-corrected chi connectivity index (χ3v) is 3.06. The minimum absolute atomic E-state index is 0.236. The zero-order chi connectivity index (χ0) is 18.2. The van der Waals surface area contributed by atoms with Gasteiger partial charge in [0.05, 0.1) is 14.2 Å². The van der Waals surface area contributed by atoms with Crippen molar-refractivity contribution in [2.75, 3.05) is 37.9 Å². The number of hydrogen-bond acceptors (Lipinski definition) is 7. The van der Waals surface area contributed by atoms with E-state index in [2.05, 4.69) is 30.9 Å². The predicted molar refractivity (Wildman–Crippen MR) is 92.4 cm³/mol. The van der Waals surface area contributed by atoms with Crippen LogP contribution in [0.5, 0.6) is 11.8 Å². The van der Waals surface area contributed by atoms with Gasteiger partial charge < -0.3 is 25.4 Å². The van der Waals surface area contributed by atoms with E-state index in [1.165, 1.54) is 20.3 Å². The van der Waals surface area contributed by atoms with Crippen molar-refractivity contribution >= 4 is 17.7 Å². The Morgan fingerprint density at radius 1 is 1.20 bits per heavy atom. The Balaban J connectivity index is 1.82. The Labute approximate surface area is 144 Å². The number of aryl methyl sites for hydroxylation is 1. The van der Waals surface area contributed by atoms with Gasteiger partial charge in [-0.05, 0) is 13.0 Å². The molecule has 10 nitrogen and oxygen atoms in total. The highest BCUT2D eigenvalue weighted by Gasteiger charge is 2.09. The van der Waals surface area contributed by atoms with Crippen LogP contribution in [0.1, 0.15) is 5.69 Å². The van der Waals surface area contributed by atoms with E-state index in [9.17, 15) is 9.59 Å². The summed E-state index contributed by atoms with van der Waals surface area (Å²) in [6, 6.07) is 4.22. The molecule has 0 unspecified atom stereocenters. The molecule has 0 aliphatic heterocycles. The highest BCUT2D eigenvalue weighted by atomic mass is 16.5. The molecular formula is C15H20N6O4. The molecule has 10 heteroatoms. The number of nitrogens with one attached hydrogen (secondary N) is 4. The summed E-state index contributed by atoms with van der Waals surface area (Å²) in [6.07, 6.45) is 0. The molecule has 0 aromatic carbocycles. The average molecular weight is 348 g/mol. The lowest BCUT2D eigenvalue weighted by Crippen LogP contribution is -2.33. The van der Waals surface area contributed by atoms with Crippen molar-refractivity contribution in [1.29, 1.82) is 0 Å². The van der Waals surface area contributed by atoms with Gasteiger partial charge in [-0.15, -0.1) is 0 Å². The number of amides is 2. The molecule has 0 atom stereocenters. The van der Waals surface area contributed by atoms with E-state index in [4.69, 9.17) is 9.47 Å². The number of aromatic nitrogens is 3. The smallest absolute Gasteiger partial charge is 0.319 e. The molecular weight excluding hydrogens is 328 g/mol. The van der Waals surface area contributed by atoms with Gasteiger partial charge in [0.2, 0.25) is 17.7 Å². The van der Waals surface area contributed by atoms with Crippen LogP contribution in [0, 0.1) is 6.92 Å². The molecule has 25 heavy (non-hydrogen) atoms. The number of carbonyl (C=O) groups is 1. The maximum Gasteiger partial charge on any atom is 0.319 e. The van der Waals surface area contributed by atoms with Crippen LogP contribution in [0.15, 0.2) is 23.0 Å². The summed E-state index contributed by atoms with van der Waals surface area (Å²) in [5, 5.41) is 8.22. The van der Waals surface area contributed by atoms with Gasteiger partial charge in [0.25, 0.3) is 5.56 Å². The van der Waals surface area contributed by atoms with Crippen LogP contribution in [0.25, 0.3) is 0 Å². The number of pyridine rings is 1. The predicted octanol–water partition coefficient (Wildman–Crippen LogP) is 0.724. The van der Waals surface area contributed by atoms with Crippen LogP contribution in [-0.4, -0.2) is 48.3 Å². The minimum Gasteiger partial charge on any atom is -0.481 e. The van der Waals surface area contributed by atoms with Crippen molar-refractivity contribution in [3.63, 3.8) is 0 Å². The molecule has 2 aromatic rings. The molecule has 0 saturated heterocycles. The number of rotatable bonds is 7. The summed E-state index contributed by atoms with van der Waals surface area (Å²) in [4.78, 5) is 34.0. The molecule has 0 saturated carbocycles. The lowest BCUT2D eigenvalue weighted by atomic mass is 10.4. The Hall–Kier alpha value is -3.30. The first-order valence-corrected chi connectivity index (χ1v) is 7.47. The largest absolute Gasteiger partial charge is 0.481 e. The molecule has 0 spiro atoms. The normalized spacial score (nSPS) is 10.0. The summed E-state index contributed by atoms with van der Waals surface area (Å²) in [7, 11) is 2.94. The highest BCUT2D eigenvalue weighted by Crippen LogP contribution is 2.24. The number of carbonyl (C=O) groups excluding carboxylic acids is 1. The van der Waals surface area contributed by atoms with Crippen molar-refractivity contribution in [1.82, 2.24) is 20.3 Å². The first kappa shape index (κ1) is 18.0. The van der Waals surface area contributed by atoms with Crippen LogP contribution >= 0.6 is 0 Å². The summed E-state index contributed by atoms with van der Waals surface area (Å²) >= 11 is 0. The van der Waals surface area contributed by atoms with Gasteiger partial charge in [-0.1, -0.05) is 0 Å². The summed E-state index contributed by atoms with van der Waals surface area (Å²) < 4.78 is 10.1. The van der Waals surface area contributed by atoms with E-state index in [0.29, 0.717) is 36.3 Å². The van der Waals surface area contributed by atoms with Crippen LogP contribution < -0.4 is 31.0 Å². The number of hydrogen-bond donors (Lipinski definition) is 4. The van der Waals surface area contributed by atoms with Gasteiger partial charge in [0, 0.05) is 30.9 Å². The van der Waals surface area contributed by atoms with E-state index >= 15 is 0 Å². The molecule has 0 aliphatic rings. The minimum atomic E-state index is -0.419. The zero-order valence-corrected chi connectivity index (χ0v) is 14.2. The first-order valence-electron chi connectivity index (χ1n) is 7.47. The lowest BCUT2D eigenvalue weighted by Gasteiger charge is -2.11. The van der Waals surface area contributed by atoms with Crippen molar-refractivity contribution < 1.29 is 14.3 Å². The number of H-pyrrole nitrogens is 1. The van der Waals surface area contributed by atoms with E-state index in [-0.39, 0.29) is 11.4 Å². The third-order valence-electron chi connectivity index (χ3n) is 3.06. The molecule has 0 bridgehead atoms. The fourth-order valence-corrected chi connectivity index (χ4v) is 1.97. The van der Waals surface area contributed by atoms with Gasteiger partial charge in [-0.25, -0.2) is 9.78 Å². The number of methoxy groups -OCH3 is 2. The molecule has 0 aliphatic carbocycles. The first-order chi connectivity index (χ1) is 12.0. The number of ether oxygens (including phenoxy) is 2. The van der Waals surface area contributed by atoms with Gasteiger partial charge in [0.1, 0.15) is 5.69 Å². The number of nitrogens with zero attached hydrogens (tertiary/aromatic N) is 2. The SMILES string of the molecule is COc1ccc(NC(=O)NCCNc2nc(C)cc(=O)[nH]2)c(OC)n1. The Kier molecular flexibility index (Phi) is 6.15. The second-order valence-corrected chi connectivity index (χ2v) is 4.95. The second-order valence-electron chi connectivity index (χ2n) is 4.95. The number of urea groups is 1. The Morgan fingerprint density at radius 2 is 2.00 bits per heavy atom. The Bertz CT molecular complexity index is 792. The monoisotopic (exact) mass is 348 g/mol. The van der Waals surface area contributed by atoms with Crippen LogP contribution in [0.2, 0.25) is 0 Å². The van der Waals surface area contributed by atoms with Crippen LogP contribution in [0.3, 0.4) is 0 Å². The summed E-state index contributed by atoms with van der Waals surface area (Å²) in [5.41, 5.74) is 0.786. The van der Waals surface area contributed by atoms with E-state index in [1.54, 1.807) is 19.1 Å². The van der Waals surface area contributed by atoms with Gasteiger partial charge in [-0.3, -0.25) is 9.78 Å². The molecule has 0 radical (unpaired) electrons. The van der Waals surface area contributed by atoms with Crippen molar-refractivity contribution in [2.45, 2.75) is 6.92 Å². The van der Waals surface area contributed by atoms with Gasteiger partial charge >= 0.3 is 6.03 Å². The van der Waals surface area contributed by atoms with Gasteiger partial charge in [0.15, 0.2) is 0 Å². The van der Waals surface area contributed by atoms with Crippen LogP contribution in [0.4, 0.5) is 16.4 Å². The van der Waals surface area contributed by atoms with Crippen molar-refractivity contribution in [2.24, 2.45) is 0 Å². The van der Waals surface area contributed by atoms with E-state index in [1.807, 2.05) is 0 Å². The van der Waals surface area contributed by atoms with Crippen molar-refractivity contribution in [3.05, 3.63) is 34.2 Å². The second kappa shape index (κ2) is 8.52. The topological polar surface area (TPSA) is 130 Å². The van der Waals surface area contributed by atoms with Crippen LogP contribution in [-0.2, 0) is 0 Å². The van der Waals surface area contributed by atoms with Crippen molar-refractivity contribution in [3.8, 4) is 11.8 Å². The molecule has 2 amide bonds. The average Bonchev–Trinajstić information content (AvgIpc) is 2.58. The fraction of sp³-hybridized carbons (Fsp3) is 0.333. The molecule has 4 N–H and O–H groups in total. The molecule has 134 valence electrons. The quantitative estimate of drug-likeness (QED) is 0.542.